The molecule has 0 saturated carbocycles. The lowest BCUT2D eigenvalue weighted by molar-refractivity contribution is 0.311. The first-order valence-electron chi connectivity index (χ1n) is 1.64. The molecular weight excluding hydrogens is 96.0 g/mol. The van der Waals surface area contributed by atoms with Gasteiger partial charge in [-0.15, -0.1) is 0 Å². The van der Waals surface area contributed by atoms with Crippen molar-refractivity contribution in [3.8, 4) is 0 Å². The molecule has 0 unspecified atom stereocenters. The molecule has 5 heteroatoms. The lowest BCUT2D eigenvalue weighted by Crippen LogP contribution is -1.91. The van der Waals surface area contributed by atoms with Crippen molar-refractivity contribution in [2.45, 2.75) is 0 Å². The van der Waals surface area contributed by atoms with Crippen LogP contribution >= 0.6 is 0 Å². The van der Waals surface area contributed by atoms with Crippen molar-refractivity contribution in [2.24, 2.45) is 0 Å². The fourth-order valence-corrected chi connectivity index (χ4v) is 0.202. The summed E-state index contributed by atoms with van der Waals surface area (Å²) >= 11 is 0. The van der Waals surface area contributed by atoms with Crippen LogP contribution in [0.15, 0.2) is 4.63 Å². The van der Waals surface area contributed by atoms with Crippen molar-refractivity contribution in [3.05, 3.63) is 0 Å². The standard InChI is InChI=1S/C2H4N4O/c3-1-2(4)6-7-5-1/h(H2,3,5)(H2,4,6)/p+2. The second-order valence-electron chi connectivity index (χ2n) is 1.03. The second kappa shape index (κ2) is 1.11. The molecule has 0 spiro atoms. The van der Waals surface area contributed by atoms with E-state index < -0.39 is 0 Å². The van der Waals surface area contributed by atoms with Gasteiger partial charge >= 0.3 is 2.85 Å². The second-order valence-corrected chi connectivity index (χ2v) is 1.03. The molecule has 0 aliphatic carbocycles. The van der Waals surface area contributed by atoms with Crippen LogP contribution in [0.2, 0.25) is 0 Å². The van der Waals surface area contributed by atoms with E-state index in [-0.39, 0.29) is 14.5 Å². The predicted molar refractivity (Wildman–Crippen MR) is 25.3 cm³/mol. The molecule has 1 rings (SSSR count). The van der Waals surface area contributed by atoms with Crippen LogP contribution in [0.3, 0.4) is 0 Å². The molecule has 0 bridgehead atoms. The smallest absolute Gasteiger partial charge is 0.378 e. The molecule has 7 heavy (non-hydrogen) atoms. The molecule has 0 saturated heterocycles. The zero-order chi connectivity index (χ0) is 5.28. The van der Waals surface area contributed by atoms with E-state index in [9.17, 15) is 0 Å². The predicted octanol–water partition coefficient (Wildman–Crippen LogP) is -0.541. The van der Waals surface area contributed by atoms with E-state index in [1.165, 1.54) is 0 Å². The fraction of sp³-hybridized carbons (Fsp3) is 0. The molecule has 38 valence electrons. The number of anilines is 2. The summed E-state index contributed by atoms with van der Waals surface area (Å²) in [5.41, 5.74) is 10.1. The van der Waals surface area contributed by atoms with Crippen LogP contribution in [-0.2, 0) is 0 Å². The van der Waals surface area contributed by atoms with Crippen LogP contribution in [0.1, 0.15) is 2.85 Å². The Bertz CT molecular complexity index is 149. The fourth-order valence-electron chi connectivity index (χ4n) is 0.202. The highest BCUT2D eigenvalue weighted by atomic mass is 16.6. The van der Waals surface area contributed by atoms with Crippen LogP contribution in [0.25, 0.3) is 0 Å². The third-order valence-electron chi connectivity index (χ3n) is 0.541. The van der Waals surface area contributed by atoms with Crippen LogP contribution in [0.4, 0.5) is 11.6 Å². The van der Waals surface area contributed by atoms with E-state index in [4.69, 9.17) is 11.5 Å². The van der Waals surface area contributed by atoms with Crippen molar-refractivity contribution in [1.82, 2.24) is 10.3 Å². The van der Waals surface area contributed by atoms with Crippen molar-refractivity contribution >= 4 is 11.6 Å². The van der Waals surface area contributed by atoms with Crippen LogP contribution in [0.5, 0.6) is 0 Å². The first kappa shape index (κ1) is 3.91. The first-order chi connectivity index (χ1) is 3.30. The molecule has 0 aliphatic heterocycles. The number of nitrogens with two attached hydrogens (primary N) is 2. The molecule has 4 N–H and O–H groups in total. The zero-order valence-corrected chi connectivity index (χ0v) is 3.46. The maximum absolute atomic E-state index is 5.05. The minimum absolute atomic E-state index is 0. The van der Waals surface area contributed by atoms with Crippen molar-refractivity contribution < 1.29 is 7.48 Å². The molecule has 0 aromatic carbocycles. The Morgan fingerprint density at radius 1 is 1.29 bits per heavy atom. The monoisotopic (exact) mass is 102 g/mol. The topological polar surface area (TPSA) is 91.0 Å². The van der Waals surface area contributed by atoms with Gasteiger partial charge in [0, 0.05) is 0 Å². The lowest BCUT2D eigenvalue weighted by Gasteiger charge is -1.73. The van der Waals surface area contributed by atoms with Gasteiger partial charge in [0.2, 0.25) is 11.6 Å². The van der Waals surface area contributed by atoms with Gasteiger partial charge < -0.3 is 11.5 Å². The number of rotatable bonds is 0. The summed E-state index contributed by atoms with van der Waals surface area (Å²) in [6.07, 6.45) is 0. The van der Waals surface area contributed by atoms with E-state index in [2.05, 4.69) is 14.9 Å². The molecule has 0 atom stereocenters. The quantitative estimate of drug-likeness (QED) is 0.459. The maximum atomic E-state index is 5.05. The van der Waals surface area contributed by atoms with Gasteiger partial charge in [-0.3, -0.25) is 0 Å². The third-order valence-corrected chi connectivity index (χ3v) is 0.541. The largest absolute Gasteiger partial charge is 1.00 e. The van der Waals surface area contributed by atoms with Gasteiger partial charge in [-0.2, -0.15) is 0 Å². The SMILES string of the molecule is Nc1nonc1N.[H+].[H+]. The number of hydrogen-bond acceptors (Lipinski definition) is 5. The van der Waals surface area contributed by atoms with E-state index in [1.807, 2.05) is 0 Å². The summed E-state index contributed by atoms with van der Waals surface area (Å²) in [7, 11) is 0. The van der Waals surface area contributed by atoms with Crippen LogP contribution < -0.4 is 11.5 Å². The first-order valence-corrected chi connectivity index (χ1v) is 1.64. The summed E-state index contributed by atoms with van der Waals surface area (Å²) in [6, 6.07) is 0. The number of nitrogen functional groups attached to an aromatic ring is 2. The Hall–Kier alpha value is -1.26. The zero-order valence-electron chi connectivity index (χ0n) is 5.46. The number of aromatic nitrogens is 2. The normalized spacial score (nSPS) is 9.14. The molecule has 0 amide bonds. The Kier molecular flexibility index (Phi) is 0.619. The molecule has 1 heterocycles. The molecule has 0 radical (unpaired) electrons. The Balaban J connectivity index is 0. The highest BCUT2D eigenvalue weighted by molar-refractivity contribution is 5.49. The number of nitrogens with zero attached hydrogens (tertiary/aromatic N) is 2. The molecule has 0 aliphatic rings. The molecular formula is C2H6N4O+2. The minimum Gasteiger partial charge on any atom is -0.378 e. The average molecular weight is 102 g/mol. The molecule has 5 nitrogen and oxygen atoms in total. The molecule has 0 fully saturated rings. The summed E-state index contributed by atoms with van der Waals surface area (Å²) in [6.45, 7) is 0. The summed E-state index contributed by atoms with van der Waals surface area (Å²) in [5, 5.41) is 6.37. The van der Waals surface area contributed by atoms with E-state index in [1.54, 1.807) is 0 Å². The van der Waals surface area contributed by atoms with Crippen molar-refractivity contribution in [3.63, 3.8) is 0 Å². The van der Waals surface area contributed by atoms with Gasteiger partial charge in [-0.1, -0.05) is 0 Å². The van der Waals surface area contributed by atoms with E-state index >= 15 is 0 Å². The summed E-state index contributed by atoms with van der Waals surface area (Å²) < 4.78 is 4.09. The van der Waals surface area contributed by atoms with Crippen LogP contribution in [0, 0.1) is 0 Å². The Morgan fingerprint density at radius 3 is 1.86 bits per heavy atom. The third kappa shape index (κ3) is 0.466. The van der Waals surface area contributed by atoms with Crippen molar-refractivity contribution in [1.29, 1.82) is 0 Å². The summed E-state index contributed by atoms with van der Waals surface area (Å²) in [5.74, 6) is 0.278. The van der Waals surface area contributed by atoms with E-state index in [0.29, 0.717) is 0 Å². The van der Waals surface area contributed by atoms with Gasteiger partial charge in [-0.25, -0.2) is 4.63 Å². The summed E-state index contributed by atoms with van der Waals surface area (Å²) in [4.78, 5) is 0. The highest BCUT2D eigenvalue weighted by Gasteiger charge is 1.95. The molecule has 1 aromatic heterocycles. The molecule has 1 aromatic rings. The highest BCUT2D eigenvalue weighted by Crippen LogP contribution is 2.02. The van der Waals surface area contributed by atoms with Gasteiger partial charge in [0.15, 0.2) is 0 Å². The van der Waals surface area contributed by atoms with Crippen molar-refractivity contribution in [2.75, 3.05) is 11.5 Å². The van der Waals surface area contributed by atoms with Gasteiger partial charge in [-0.05, 0) is 10.3 Å². The maximum Gasteiger partial charge on any atom is 1.00 e. The average Bonchev–Trinajstić information content (AvgIpc) is 1.91. The van der Waals surface area contributed by atoms with Gasteiger partial charge in [0.05, 0.1) is 0 Å². The van der Waals surface area contributed by atoms with E-state index in [0.717, 1.165) is 0 Å². The Labute approximate surface area is 42.2 Å². The Morgan fingerprint density at radius 2 is 1.71 bits per heavy atom. The van der Waals surface area contributed by atoms with Crippen LogP contribution in [-0.4, -0.2) is 10.3 Å². The minimum atomic E-state index is 0. The lowest BCUT2D eigenvalue weighted by atomic mass is 10.7. The number of hydrogen-bond donors (Lipinski definition) is 2. The van der Waals surface area contributed by atoms with Gasteiger partial charge in [0.25, 0.3) is 0 Å². The van der Waals surface area contributed by atoms with Gasteiger partial charge in [0.1, 0.15) is 0 Å².